The van der Waals surface area contributed by atoms with Crippen LogP contribution in [0.2, 0.25) is 0 Å². The zero-order valence-electron chi connectivity index (χ0n) is 15.3. The van der Waals surface area contributed by atoms with Crippen molar-refractivity contribution in [2.24, 2.45) is 0 Å². The summed E-state index contributed by atoms with van der Waals surface area (Å²) in [7, 11) is 0. The van der Waals surface area contributed by atoms with Crippen LogP contribution < -0.4 is 10.6 Å². The fourth-order valence-corrected chi connectivity index (χ4v) is 2.54. The van der Waals surface area contributed by atoms with Crippen LogP contribution in [0, 0.1) is 0 Å². The lowest BCUT2D eigenvalue weighted by Crippen LogP contribution is -2.47. The highest BCUT2D eigenvalue weighted by molar-refractivity contribution is 5.78. The van der Waals surface area contributed by atoms with Gasteiger partial charge in [-0.05, 0) is 40.0 Å². The maximum atomic E-state index is 11.9. The molecule has 0 aromatic heterocycles. The van der Waals surface area contributed by atoms with Crippen LogP contribution in [-0.4, -0.2) is 54.1 Å². The Morgan fingerprint density at radius 1 is 1.12 bits per heavy atom. The molecule has 1 aliphatic rings. The van der Waals surface area contributed by atoms with E-state index in [-0.39, 0.29) is 30.8 Å². The van der Waals surface area contributed by atoms with Crippen LogP contribution in [0.1, 0.15) is 59.8 Å². The summed E-state index contributed by atoms with van der Waals surface area (Å²) >= 11 is 0. The summed E-state index contributed by atoms with van der Waals surface area (Å²) in [6.07, 6.45) is 2.71. The van der Waals surface area contributed by atoms with Gasteiger partial charge in [0.1, 0.15) is 5.60 Å². The molecule has 1 saturated heterocycles. The molecule has 7 heteroatoms. The summed E-state index contributed by atoms with van der Waals surface area (Å²) in [6.45, 7) is 9.00. The summed E-state index contributed by atoms with van der Waals surface area (Å²) in [5.41, 5.74) is -0.546. The molecule has 0 spiro atoms. The highest BCUT2D eigenvalue weighted by Crippen LogP contribution is 2.12. The lowest BCUT2D eigenvalue weighted by atomic mass is 10.0. The van der Waals surface area contributed by atoms with Crippen molar-refractivity contribution in [3.05, 3.63) is 0 Å². The van der Waals surface area contributed by atoms with Crippen molar-refractivity contribution in [3.63, 3.8) is 0 Å². The van der Waals surface area contributed by atoms with Gasteiger partial charge in [-0.25, -0.2) is 4.79 Å². The van der Waals surface area contributed by atoms with Gasteiger partial charge in [0.15, 0.2) is 0 Å². The minimum Gasteiger partial charge on any atom is -0.444 e. The minimum atomic E-state index is -0.546. The number of nitrogens with zero attached hydrogens (tertiary/aromatic N) is 1. The molecule has 0 aromatic rings. The van der Waals surface area contributed by atoms with E-state index in [1.807, 2.05) is 11.8 Å². The maximum absolute atomic E-state index is 11.9. The Hall–Kier alpha value is -1.79. The molecule has 0 saturated carbocycles. The van der Waals surface area contributed by atoms with Gasteiger partial charge in [-0.15, -0.1) is 0 Å². The molecule has 24 heavy (non-hydrogen) atoms. The van der Waals surface area contributed by atoms with Gasteiger partial charge in [-0.3, -0.25) is 9.59 Å². The molecule has 1 rings (SSSR count). The predicted octanol–water partition coefficient (Wildman–Crippen LogP) is 1.81. The quantitative estimate of drug-likeness (QED) is 0.771. The second kappa shape index (κ2) is 9.49. The van der Waals surface area contributed by atoms with E-state index in [9.17, 15) is 14.4 Å². The van der Waals surface area contributed by atoms with Gasteiger partial charge in [-0.2, -0.15) is 0 Å². The van der Waals surface area contributed by atoms with Crippen LogP contribution in [0.4, 0.5) is 4.79 Å². The van der Waals surface area contributed by atoms with E-state index >= 15 is 0 Å². The lowest BCUT2D eigenvalue weighted by molar-refractivity contribution is -0.132. The van der Waals surface area contributed by atoms with Crippen molar-refractivity contribution >= 4 is 17.9 Å². The highest BCUT2D eigenvalue weighted by atomic mass is 16.6. The summed E-state index contributed by atoms with van der Waals surface area (Å²) < 4.78 is 5.10. The Balaban J connectivity index is 2.18. The standard InChI is InChI=1S/C17H31N3O4/c1-5-6-15(22)20-11-8-13(9-12-20)19-14(21)7-10-18-16(23)24-17(2,3)4/h13H,5-12H2,1-4H3,(H,18,23)(H,19,21). The van der Waals surface area contributed by atoms with Crippen molar-refractivity contribution in [2.45, 2.75) is 71.4 Å². The Bertz CT molecular complexity index is 438. The zero-order chi connectivity index (χ0) is 18.2. The van der Waals surface area contributed by atoms with Gasteiger partial charge in [0, 0.05) is 38.5 Å². The van der Waals surface area contributed by atoms with Gasteiger partial charge in [-0.1, -0.05) is 6.92 Å². The first kappa shape index (κ1) is 20.3. The molecular formula is C17H31N3O4. The van der Waals surface area contributed by atoms with E-state index in [0.717, 1.165) is 19.3 Å². The van der Waals surface area contributed by atoms with E-state index < -0.39 is 11.7 Å². The van der Waals surface area contributed by atoms with E-state index in [1.165, 1.54) is 0 Å². The number of alkyl carbamates (subject to hydrolysis) is 1. The second-order valence-corrected chi connectivity index (χ2v) is 7.15. The average molecular weight is 341 g/mol. The number of rotatable bonds is 6. The number of carbonyl (C=O) groups is 3. The Morgan fingerprint density at radius 3 is 2.29 bits per heavy atom. The topological polar surface area (TPSA) is 87.7 Å². The Labute approximate surface area is 144 Å². The van der Waals surface area contributed by atoms with E-state index in [0.29, 0.717) is 19.5 Å². The van der Waals surface area contributed by atoms with Gasteiger partial charge in [0.2, 0.25) is 11.8 Å². The lowest BCUT2D eigenvalue weighted by Gasteiger charge is -2.32. The molecule has 1 fully saturated rings. The predicted molar refractivity (Wildman–Crippen MR) is 91.5 cm³/mol. The summed E-state index contributed by atoms with van der Waals surface area (Å²) in [5.74, 6) is 0.105. The second-order valence-electron chi connectivity index (χ2n) is 7.15. The van der Waals surface area contributed by atoms with E-state index in [1.54, 1.807) is 20.8 Å². The minimum absolute atomic E-state index is 0.0932. The van der Waals surface area contributed by atoms with Crippen LogP contribution in [0.5, 0.6) is 0 Å². The maximum Gasteiger partial charge on any atom is 0.407 e. The van der Waals surface area contributed by atoms with Crippen LogP contribution in [0.3, 0.4) is 0 Å². The third-order valence-corrected chi connectivity index (χ3v) is 3.70. The number of carbonyl (C=O) groups excluding carboxylic acids is 3. The average Bonchev–Trinajstić information content (AvgIpc) is 2.46. The highest BCUT2D eigenvalue weighted by Gasteiger charge is 2.23. The van der Waals surface area contributed by atoms with Crippen molar-refractivity contribution in [1.29, 1.82) is 0 Å². The number of nitrogens with one attached hydrogen (secondary N) is 2. The third-order valence-electron chi connectivity index (χ3n) is 3.70. The number of likely N-dealkylation sites (tertiary alicyclic amines) is 1. The zero-order valence-corrected chi connectivity index (χ0v) is 15.3. The van der Waals surface area contributed by atoms with Gasteiger partial charge in [0.25, 0.3) is 0 Å². The molecule has 1 heterocycles. The van der Waals surface area contributed by atoms with Crippen LogP contribution >= 0.6 is 0 Å². The summed E-state index contributed by atoms with van der Waals surface area (Å²) in [6, 6.07) is 0.102. The van der Waals surface area contributed by atoms with Crippen molar-refractivity contribution in [3.8, 4) is 0 Å². The number of piperidine rings is 1. The molecule has 2 N–H and O–H groups in total. The number of ether oxygens (including phenoxy) is 1. The van der Waals surface area contributed by atoms with Crippen LogP contribution in [0.25, 0.3) is 0 Å². The summed E-state index contributed by atoms with van der Waals surface area (Å²) in [4.78, 5) is 37.1. The molecule has 138 valence electrons. The fourth-order valence-electron chi connectivity index (χ4n) is 2.54. The van der Waals surface area contributed by atoms with E-state index in [4.69, 9.17) is 4.74 Å². The molecule has 0 aromatic carbocycles. The molecule has 0 unspecified atom stereocenters. The van der Waals surface area contributed by atoms with Gasteiger partial charge >= 0.3 is 6.09 Å². The van der Waals surface area contributed by atoms with Crippen molar-refractivity contribution < 1.29 is 19.1 Å². The molecule has 7 nitrogen and oxygen atoms in total. The first-order valence-electron chi connectivity index (χ1n) is 8.75. The van der Waals surface area contributed by atoms with Crippen LogP contribution in [0.15, 0.2) is 0 Å². The first-order valence-corrected chi connectivity index (χ1v) is 8.75. The molecule has 0 atom stereocenters. The molecule has 0 radical (unpaired) electrons. The molecule has 3 amide bonds. The molecular weight excluding hydrogens is 310 g/mol. The largest absolute Gasteiger partial charge is 0.444 e. The number of amides is 3. The Morgan fingerprint density at radius 2 is 1.75 bits per heavy atom. The van der Waals surface area contributed by atoms with Crippen molar-refractivity contribution in [1.82, 2.24) is 15.5 Å². The molecule has 0 bridgehead atoms. The van der Waals surface area contributed by atoms with Gasteiger partial charge < -0.3 is 20.3 Å². The molecule has 1 aliphatic heterocycles. The fraction of sp³-hybridized carbons (Fsp3) is 0.824. The first-order chi connectivity index (χ1) is 11.2. The Kier molecular flexibility index (Phi) is 8.01. The molecule has 0 aliphatic carbocycles. The monoisotopic (exact) mass is 341 g/mol. The van der Waals surface area contributed by atoms with Crippen LogP contribution in [-0.2, 0) is 14.3 Å². The smallest absolute Gasteiger partial charge is 0.407 e. The van der Waals surface area contributed by atoms with Crippen molar-refractivity contribution in [2.75, 3.05) is 19.6 Å². The third kappa shape index (κ3) is 8.17. The van der Waals surface area contributed by atoms with E-state index in [2.05, 4.69) is 10.6 Å². The van der Waals surface area contributed by atoms with Gasteiger partial charge in [0.05, 0.1) is 0 Å². The number of hydrogen-bond donors (Lipinski definition) is 2. The summed E-state index contributed by atoms with van der Waals surface area (Å²) in [5, 5.41) is 5.53. The normalized spacial score (nSPS) is 15.8. The number of hydrogen-bond acceptors (Lipinski definition) is 4. The SMILES string of the molecule is CCCC(=O)N1CCC(NC(=O)CCNC(=O)OC(C)(C)C)CC1.